The number of nitrogens with zero attached hydrogens (tertiary/aromatic N) is 1. The molecule has 1 heterocycles. The molecule has 0 atom stereocenters. The zero-order chi connectivity index (χ0) is 12.3. The Morgan fingerprint density at radius 2 is 2.00 bits per heavy atom. The van der Waals surface area contributed by atoms with E-state index in [4.69, 9.17) is 0 Å². The Kier molecular flexibility index (Phi) is 3.13. The van der Waals surface area contributed by atoms with Crippen LogP contribution in [0.4, 0.5) is 8.78 Å². The van der Waals surface area contributed by atoms with E-state index < -0.39 is 6.61 Å². The van der Waals surface area contributed by atoms with Gasteiger partial charge in [0.15, 0.2) is 0 Å². The molecule has 0 aliphatic rings. The predicted octanol–water partition coefficient (Wildman–Crippen LogP) is 2.04. The number of alkyl halides is 2. The smallest absolute Gasteiger partial charge is 0.387 e. The van der Waals surface area contributed by atoms with Crippen molar-refractivity contribution in [1.29, 1.82) is 0 Å². The highest BCUT2D eigenvalue weighted by molar-refractivity contribution is 5.63. The lowest BCUT2D eigenvalue weighted by atomic mass is 10.2. The predicted molar refractivity (Wildman–Crippen MR) is 56.9 cm³/mol. The van der Waals surface area contributed by atoms with Gasteiger partial charge in [0.05, 0.1) is 5.56 Å². The molecule has 0 saturated carbocycles. The Balaban J connectivity index is 2.48. The number of ether oxygens (including phenoxy) is 1. The van der Waals surface area contributed by atoms with Crippen LogP contribution in [0.25, 0.3) is 11.4 Å². The fraction of sp³-hybridized carbons (Fsp3) is 0.0909. The van der Waals surface area contributed by atoms with Crippen LogP contribution in [-0.4, -0.2) is 16.6 Å². The first-order valence-electron chi connectivity index (χ1n) is 4.76. The van der Waals surface area contributed by atoms with Crippen molar-refractivity contribution in [2.45, 2.75) is 6.61 Å². The first-order chi connectivity index (χ1) is 8.16. The first kappa shape index (κ1) is 11.3. The molecule has 0 unspecified atom stereocenters. The van der Waals surface area contributed by atoms with Crippen molar-refractivity contribution >= 4 is 0 Å². The molecule has 0 amide bonds. The summed E-state index contributed by atoms with van der Waals surface area (Å²) in [5.41, 5.74) is -0.0487. The number of halogens is 2. The number of nitrogens with one attached hydrogen (secondary N) is 1. The van der Waals surface area contributed by atoms with Crippen LogP contribution in [0.2, 0.25) is 0 Å². The summed E-state index contributed by atoms with van der Waals surface area (Å²) >= 11 is 0. The average Bonchev–Trinajstić information content (AvgIpc) is 2.29. The molecule has 1 N–H and O–H groups in total. The van der Waals surface area contributed by atoms with Gasteiger partial charge < -0.3 is 9.72 Å². The molecule has 0 aliphatic carbocycles. The molecule has 0 spiro atoms. The summed E-state index contributed by atoms with van der Waals surface area (Å²) in [4.78, 5) is 17.5. The van der Waals surface area contributed by atoms with Crippen LogP contribution in [0.5, 0.6) is 5.75 Å². The molecule has 88 valence electrons. The van der Waals surface area contributed by atoms with Crippen molar-refractivity contribution in [2.24, 2.45) is 0 Å². The standard InChI is InChI=1S/C11H8F2N2O2/c12-11(13)17-8-4-2-1-3-7(8)10-14-6-5-9(16)15-10/h1-6,11H,(H,14,15,16). The van der Waals surface area contributed by atoms with Crippen molar-refractivity contribution < 1.29 is 13.5 Å². The van der Waals surface area contributed by atoms with E-state index in [1.54, 1.807) is 12.1 Å². The van der Waals surface area contributed by atoms with E-state index in [2.05, 4.69) is 14.7 Å². The van der Waals surface area contributed by atoms with Gasteiger partial charge >= 0.3 is 6.61 Å². The van der Waals surface area contributed by atoms with Gasteiger partial charge in [-0.05, 0) is 12.1 Å². The molecule has 6 heteroatoms. The normalized spacial score (nSPS) is 10.5. The van der Waals surface area contributed by atoms with E-state index in [9.17, 15) is 13.6 Å². The minimum absolute atomic E-state index is 0.0307. The minimum Gasteiger partial charge on any atom is -0.434 e. The molecular weight excluding hydrogens is 230 g/mol. The molecule has 4 nitrogen and oxygen atoms in total. The highest BCUT2D eigenvalue weighted by Crippen LogP contribution is 2.27. The Labute approximate surface area is 94.9 Å². The second-order valence-corrected chi connectivity index (χ2v) is 3.16. The molecule has 0 aliphatic heterocycles. The van der Waals surface area contributed by atoms with Crippen molar-refractivity contribution in [3.63, 3.8) is 0 Å². The van der Waals surface area contributed by atoms with Crippen LogP contribution in [0.15, 0.2) is 41.3 Å². The zero-order valence-corrected chi connectivity index (χ0v) is 8.56. The van der Waals surface area contributed by atoms with Gasteiger partial charge in [0.25, 0.3) is 5.56 Å². The van der Waals surface area contributed by atoms with Gasteiger partial charge in [0.1, 0.15) is 11.6 Å². The van der Waals surface area contributed by atoms with Gasteiger partial charge in [-0.15, -0.1) is 0 Å². The maximum atomic E-state index is 12.2. The molecule has 0 saturated heterocycles. The van der Waals surface area contributed by atoms with Gasteiger partial charge in [-0.3, -0.25) is 4.79 Å². The Bertz CT molecular complexity index is 569. The number of para-hydroxylation sites is 1. The molecule has 0 bridgehead atoms. The molecule has 0 fully saturated rings. The summed E-state index contributed by atoms with van der Waals surface area (Å²) in [5, 5.41) is 0. The second kappa shape index (κ2) is 4.73. The Morgan fingerprint density at radius 3 is 2.71 bits per heavy atom. The summed E-state index contributed by atoms with van der Waals surface area (Å²) in [6.07, 6.45) is 1.30. The van der Waals surface area contributed by atoms with Crippen LogP contribution in [0.3, 0.4) is 0 Å². The van der Waals surface area contributed by atoms with Crippen molar-refractivity contribution in [3.8, 4) is 17.1 Å². The molecular formula is C11H8F2N2O2. The summed E-state index contributed by atoms with van der Waals surface area (Å²) in [6, 6.07) is 7.35. The van der Waals surface area contributed by atoms with Crippen LogP contribution >= 0.6 is 0 Å². The average molecular weight is 238 g/mol. The highest BCUT2D eigenvalue weighted by Gasteiger charge is 2.11. The monoisotopic (exact) mass is 238 g/mol. The zero-order valence-electron chi connectivity index (χ0n) is 8.56. The number of hydrogen-bond donors (Lipinski definition) is 1. The van der Waals surface area contributed by atoms with E-state index in [0.29, 0.717) is 5.56 Å². The third kappa shape index (κ3) is 2.66. The van der Waals surface area contributed by atoms with E-state index in [-0.39, 0.29) is 17.1 Å². The van der Waals surface area contributed by atoms with E-state index in [0.717, 1.165) is 0 Å². The maximum Gasteiger partial charge on any atom is 0.387 e. The summed E-state index contributed by atoms with van der Waals surface area (Å²) in [5.74, 6) is 0.158. The van der Waals surface area contributed by atoms with Crippen LogP contribution in [0.1, 0.15) is 0 Å². The third-order valence-electron chi connectivity index (χ3n) is 2.03. The second-order valence-electron chi connectivity index (χ2n) is 3.16. The quantitative estimate of drug-likeness (QED) is 0.890. The van der Waals surface area contributed by atoms with Gasteiger partial charge in [0.2, 0.25) is 0 Å². The number of aromatic nitrogens is 2. The molecule has 1 aromatic carbocycles. The van der Waals surface area contributed by atoms with Gasteiger partial charge in [-0.2, -0.15) is 8.78 Å². The van der Waals surface area contributed by atoms with E-state index in [1.807, 2.05) is 0 Å². The molecule has 17 heavy (non-hydrogen) atoms. The number of rotatable bonds is 3. The molecule has 1 aromatic heterocycles. The summed E-state index contributed by atoms with van der Waals surface area (Å²) < 4.78 is 28.7. The topological polar surface area (TPSA) is 55.0 Å². The largest absolute Gasteiger partial charge is 0.434 e. The van der Waals surface area contributed by atoms with Gasteiger partial charge in [-0.25, -0.2) is 4.98 Å². The maximum absolute atomic E-state index is 12.2. The van der Waals surface area contributed by atoms with Crippen molar-refractivity contribution in [3.05, 3.63) is 46.9 Å². The summed E-state index contributed by atoms with van der Waals surface area (Å²) in [7, 11) is 0. The minimum atomic E-state index is -2.92. The number of aromatic amines is 1. The molecule has 2 aromatic rings. The van der Waals surface area contributed by atoms with Gasteiger partial charge in [-0.1, -0.05) is 12.1 Å². The van der Waals surface area contributed by atoms with E-state index >= 15 is 0 Å². The lowest BCUT2D eigenvalue weighted by molar-refractivity contribution is -0.0494. The third-order valence-corrected chi connectivity index (χ3v) is 2.03. The fourth-order valence-electron chi connectivity index (χ4n) is 1.37. The molecule has 0 radical (unpaired) electrons. The van der Waals surface area contributed by atoms with Crippen molar-refractivity contribution in [2.75, 3.05) is 0 Å². The first-order valence-corrected chi connectivity index (χ1v) is 4.76. The highest BCUT2D eigenvalue weighted by atomic mass is 19.3. The van der Waals surface area contributed by atoms with Crippen molar-refractivity contribution in [1.82, 2.24) is 9.97 Å². The lowest BCUT2D eigenvalue weighted by Crippen LogP contribution is -2.08. The van der Waals surface area contributed by atoms with E-state index in [1.165, 1.54) is 24.4 Å². The Hall–Kier alpha value is -2.24. The van der Waals surface area contributed by atoms with Crippen LogP contribution < -0.4 is 10.3 Å². The van der Waals surface area contributed by atoms with Crippen LogP contribution in [-0.2, 0) is 0 Å². The lowest BCUT2D eigenvalue weighted by Gasteiger charge is -2.09. The number of H-pyrrole nitrogens is 1. The number of benzene rings is 1. The summed E-state index contributed by atoms with van der Waals surface area (Å²) in [6.45, 7) is -2.92. The van der Waals surface area contributed by atoms with Gasteiger partial charge in [0, 0.05) is 12.3 Å². The SMILES string of the molecule is O=c1ccnc(-c2ccccc2OC(F)F)[nH]1. The fourth-order valence-corrected chi connectivity index (χ4v) is 1.37. The van der Waals surface area contributed by atoms with Crippen LogP contribution in [0, 0.1) is 0 Å². The Morgan fingerprint density at radius 1 is 1.24 bits per heavy atom. The number of hydrogen-bond acceptors (Lipinski definition) is 3. The molecule has 2 rings (SSSR count).